The molecule has 0 bridgehead atoms. The number of carbonyl (C=O) groups is 2. The van der Waals surface area contributed by atoms with Crippen LogP contribution in [0, 0.1) is 19.8 Å². The van der Waals surface area contributed by atoms with E-state index >= 15 is 0 Å². The van der Waals surface area contributed by atoms with Gasteiger partial charge in [-0.15, -0.1) is 11.3 Å². The molecule has 0 spiro atoms. The monoisotopic (exact) mass is 447 g/mol. The van der Waals surface area contributed by atoms with Gasteiger partial charge < -0.3 is 10.2 Å². The second-order valence-corrected chi connectivity index (χ2v) is 9.32. The summed E-state index contributed by atoms with van der Waals surface area (Å²) in [5, 5.41) is 5.59. The highest BCUT2D eigenvalue weighted by Gasteiger charge is 2.27. The zero-order chi connectivity index (χ0) is 22.5. The number of nitrogens with zero attached hydrogens (tertiary/aromatic N) is 2. The Kier molecular flexibility index (Phi) is 7.00. The second kappa shape index (κ2) is 10.1. The van der Waals surface area contributed by atoms with Crippen LogP contribution in [-0.2, 0) is 16.0 Å². The van der Waals surface area contributed by atoms with E-state index in [0.717, 1.165) is 17.7 Å². The van der Waals surface area contributed by atoms with Crippen molar-refractivity contribution in [3.8, 4) is 11.3 Å². The van der Waals surface area contributed by atoms with Crippen molar-refractivity contribution < 1.29 is 9.59 Å². The molecular weight excluding hydrogens is 418 g/mol. The van der Waals surface area contributed by atoms with Gasteiger partial charge in [-0.05, 0) is 55.9 Å². The van der Waals surface area contributed by atoms with Gasteiger partial charge >= 0.3 is 0 Å². The molecule has 1 fully saturated rings. The van der Waals surface area contributed by atoms with E-state index in [1.54, 1.807) is 0 Å². The first-order valence-electron chi connectivity index (χ1n) is 11.2. The molecule has 1 aromatic heterocycles. The first kappa shape index (κ1) is 22.2. The van der Waals surface area contributed by atoms with Crippen LogP contribution in [-0.4, -0.2) is 34.8 Å². The molecule has 6 heteroatoms. The van der Waals surface area contributed by atoms with Crippen molar-refractivity contribution in [2.45, 2.75) is 39.5 Å². The Morgan fingerprint density at radius 2 is 1.81 bits per heavy atom. The number of carbonyl (C=O) groups excluding carboxylic acids is 2. The normalized spacial score (nSPS) is 14.4. The maximum absolute atomic E-state index is 12.8. The third-order valence-corrected chi connectivity index (χ3v) is 6.98. The minimum atomic E-state index is -0.0813. The standard InChI is InChI=1S/C26H29N3O2S/c1-18-8-10-22(16-19(18)2)23-17-32-26(27-23)28-25(31)21-12-14-29(15-13-21)24(30)11-9-20-6-4-3-5-7-20/h3-8,10,16-17,21H,9,11-15H2,1-2H3,(H,27,28,31). The van der Waals surface area contributed by atoms with E-state index in [0.29, 0.717) is 37.5 Å². The van der Waals surface area contributed by atoms with E-state index in [2.05, 4.69) is 42.3 Å². The number of likely N-dealkylation sites (tertiary alicyclic amines) is 1. The van der Waals surface area contributed by atoms with Crippen molar-refractivity contribution in [3.63, 3.8) is 0 Å². The zero-order valence-corrected chi connectivity index (χ0v) is 19.5. The molecule has 0 atom stereocenters. The Hall–Kier alpha value is -2.99. The van der Waals surface area contributed by atoms with Crippen LogP contribution in [0.15, 0.2) is 53.9 Å². The summed E-state index contributed by atoms with van der Waals surface area (Å²) in [5.41, 5.74) is 5.60. The number of nitrogens with one attached hydrogen (secondary N) is 1. The largest absolute Gasteiger partial charge is 0.343 e. The van der Waals surface area contributed by atoms with Crippen LogP contribution < -0.4 is 5.32 Å². The molecule has 1 aliphatic rings. The van der Waals surface area contributed by atoms with Gasteiger partial charge in [0.15, 0.2) is 5.13 Å². The molecule has 3 aromatic rings. The highest BCUT2D eigenvalue weighted by molar-refractivity contribution is 7.14. The lowest BCUT2D eigenvalue weighted by atomic mass is 9.95. The van der Waals surface area contributed by atoms with E-state index in [4.69, 9.17) is 0 Å². The third kappa shape index (κ3) is 5.43. The molecule has 32 heavy (non-hydrogen) atoms. The van der Waals surface area contributed by atoms with Gasteiger partial charge in [0.05, 0.1) is 5.69 Å². The number of hydrogen-bond donors (Lipinski definition) is 1. The molecule has 1 N–H and O–H groups in total. The molecule has 0 unspecified atom stereocenters. The molecule has 2 aromatic carbocycles. The molecule has 166 valence electrons. The molecule has 0 radical (unpaired) electrons. The molecule has 1 saturated heterocycles. The maximum Gasteiger partial charge on any atom is 0.229 e. The van der Waals surface area contributed by atoms with Gasteiger partial charge in [-0.3, -0.25) is 9.59 Å². The summed E-state index contributed by atoms with van der Waals surface area (Å²) in [5.74, 6) is 0.0928. The number of benzene rings is 2. The van der Waals surface area contributed by atoms with Crippen molar-refractivity contribution in [3.05, 3.63) is 70.6 Å². The number of aromatic nitrogens is 1. The van der Waals surface area contributed by atoms with Crippen LogP contribution in [0.4, 0.5) is 5.13 Å². The van der Waals surface area contributed by atoms with Gasteiger partial charge in [0.25, 0.3) is 0 Å². The van der Waals surface area contributed by atoms with Gasteiger partial charge in [0.2, 0.25) is 11.8 Å². The summed E-state index contributed by atoms with van der Waals surface area (Å²) in [6, 6.07) is 16.4. The van der Waals surface area contributed by atoms with Crippen LogP contribution in [0.3, 0.4) is 0 Å². The van der Waals surface area contributed by atoms with Crippen molar-refractivity contribution in [1.29, 1.82) is 0 Å². The summed E-state index contributed by atoms with van der Waals surface area (Å²) < 4.78 is 0. The molecule has 0 saturated carbocycles. The smallest absolute Gasteiger partial charge is 0.229 e. The molecule has 1 aliphatic heterocycles. The summed E-state index contributed by atoms with van der Waals surface area (Å²) in [7, 11) is 0. The molecule has 4 rings (SSSR count). The summed E-state index contributed by atoms with van der Waals surface area (Å²) >= 11 is 1.45. The molecule has 0 aliphatic carbocycles. The van der Waals surface area contributed by atoms with E-state index in [-0.39, 0.29) is 17.7 Å². The SMILES string of the molecule is Cc1ccc(-c2csc(NC(=O)C3CCN(C(=O)CCc4ccccc4)CC3)n2)cc1C. The predicted molar refractivity (Wildman–Crippen MR) is 130 cm³/mol. The number of aryl methyl sites for hydroxylation is 3. The lowest BCUT2D eigenvalue weighted by molar-refractivity contribution is -0.134. The van der Waals surface area contributed by atoms with Gasteiger partial charge in [0, 0.05) is 36.4 Å². The highest BCUT2D eigenvalue weighted by atomic mass is 32.1. The fraction of sp³-hybridized carbons (Fsp3) is 0.346. The predicted octanol–water partition coefficient (Wildman–Crippen LogP) is 5.24. The first-order valence-corrected chi connectivity index (χ1v) is 12.0. The second-order valence-electron chi connectivity index (χ2n) is 8.47. The fourth-order valence-electron chi connectivity index (χ4n) is 4.02. The van der Waals surface area contributed by atoms with E-state index in [1.807, 2.05) is 40.6 Å². The average Bonchev–Trinajstić information content (AvgIpc) is 3.28. The minimum absolute atomic E-state index is 0.00220. The fourth-order valence-corrected chi connectivity index (χ4v) is 4.74. The van der Waals surface area contributed by atoms with Crippen molar-refractivity contribution >= 4 is 28.3 Å². The van der Waals surface area contributed by atoms with Gasteiger partial charge in [0.1, 0.15) is 0 Å². The Balaban J connectivity index is 1.26. The Labute approximate surface area is 193 Å². The van der Waals surface area contributed by atoms with Crippen molar-refractivity contribution in [2.75, 3.05) is 18.4 Å². The van der Waals surface area contributed by atoms with Gasteiger partial charge in [-0.1, -0.05) is 42.5 Å². The average molecular weight is 448 g/mol. The quantitative estimate of drug-likeness (QED) is 0.562. The molecule has 2 heterocycles. The number of amides is 2. The van der Waals surface area contributed by atoms with E-state index in [9.17, 15) is 9.59 Å². The van der Waals surface area contributed by atoms with Crippen molar-refractivity contribution in [2.24, 2.45) is 5.92 Å². The highest BCUT2D eigenvalue weighted by Crippen LogP contribution is 2.27. The summed E-state index contributed by atoms with van der Waals surface area (Å²) in [6.07, 6.45) is 2.66. The molecular formula is C26H29N3O2S. The zero-order valence-electron chi connectivity index (χ0n) is 18.6. The van der Waals surface area contributed by atoms with Crippen LogP contribution in [0.5, 0.6) is 0 Å². The lowest BCUT2D eigenvalue weighted by Crippen LogP contribution is -2.41. The van der Waals surface area contributed by atoms with Crippen LogP contribution in [0.2, 0.25) is 0 Å². The van der Waals surface area contributed by atoms with Gasteiger partial charge in [-0.2, -0.15) is 0 Å². The Bertz CT molecular complexity index is 1090. The molecule has 2 amide bonds. The Morgan fingerprint density at radius 3 is 2.53 bits per heavy atom. The number of rotatable bonds is 6. The minimum Gasteiger partial charge on any atom is -0.343 e. The number of anilines is 1. The number of piperidine rings is 1. The van der Waals surface area contributed by atoms with Crippen LogP contribution in [0.25, 0.3) is 11.3 Å². The number of hydrogen-bond acceptors (Lipinski definition) is 4. The van der Waals surface area contributed by atoms with E-state index in [1.165, 1.54) is 28.0 Å². The van der Waals surface area contributed by atoms with Crippen LogP contribution >= 0.6 is 11.3 Å². The third-order valence-electron chi connectivity index (χ3n) is 6.23. The maximum atomic E-state index is 12.8. The number of thiazole rings is 1. The van der Waals surface area contributed by atoms with Gasteiger partial charge in [-0.25, -0.2) is 4.98 Å². The van der Waals surface area contributed by atoms with Crippen LogP contribution in [0.1, 0.15) is 36.0 Å². The summed E-state index contributed by atoms with van der Waals surface area (Å²) in [6.45, 7) is 5.45. The lowest BCUT2D eigenvalue weighted by Gasteiger charge is -2.31. The summed E-state index contributed by atoms with van der Waals surface area (Å²) in [4.78, 5) is 31.8. The Morgan fingerprint density at radius 1 is 1.06 bits per heavy atom. The topological polar surface area (TPSA) is 62.3 Å². The first-order chi connectivity index (χ1) is 15.5. The van der Waals surface area contributed by atoms with E-state index < -0.39 is 0 Å². The van der Waals surface area contributed by atoms with Crippen molar-refractivity contribution in [1.82, 2.24) is 9.88 Å². The molecule has 5 nitrogen and oxygen atoms in total.